The van der Waals surface area contributed by atoms with E-state index in [1.165, 1.54) is 0 Å². The maximum absolute atomic E-state index is 9.25. The second-order valence-electron chi connectivity index (χ2n) is 4.14. The average molecular weight is 300 g/mol. The van der Waals surface area contributed by atoms with Crippen molar-refractivity contribution in [3.63, 3.8) is 0 Å². The first-order chi connectivity index (χ1) is 7.91. The maximum atomic E-state index is 9.25. The van der Waals surface area contributed by atoms with Gasteiger partial charge in [-0.3, -0.25) is 5.41 Å². The van der Waals surface area contributed by atoms with E-state index >= 15 is 0 Å². The zero-order chi connectivity index (χ0) is 13.0. The van der Waals surface area contributed by atoms with Gasteiger partial charge in [-0.15, -0.1) is 0 Å². The zero-order valence-corrected chi connectivity index (χ0v) is 11.7. The first-order valence-corrected chi connectivity index (χ1v) is 6.24. The minimum Gasteiger partial charge on any atom is -0.393 e. The number of halogens is 1. The largest absolute Gasteiger partial charge is 0.393 e. The molecule has 1 unspecified atom stereocenters. The van der Waals surface area contributed by atoms with Crippen molar-refractivity contribution in [3.8, 4) is 0 Å². The summed E-state index contributed by atoms with van der Waals surface area (Å²) in [6.45, 7) is 2.55. The Labute approximate surface area is 110 Å². The number of benzene rings is 1. The van der Waals surface area contributed by atoms with Crippen molar-refractivity contribution >= 4 is 27.5 Å². The molecule has 17 heavy (non-hydrogen) atoms. The van der Waals surface area contributed by atoms with Gasteiger partial charge in [-0.25, -0.2) is 0 Å². The molecule has 1 aromatic rings. The molecule has 0 bridgehead atoms. The number of nitrogens with two attached hydrogens (primary N) is 1. The highest BCUT2D eigenvalue weighted by molar-refractivity contribution is 9.10. The molecule has 0 aliphatic heterocycles. The highest BCUT2D eigenvalue weighted by Crippen LogP contribution is 2.26. The van der Waals surface area contributed by atoms with Gasteiger partial charge in [0, 0.05) is 23.6 Å². The minimum atomic E-state index is -0.298. The van der Waals surface area contributed by atoms with Crippen LogP contribution in [0, 0.1) is 5.41 Å². The van der Waals surface area contributed by atoms with Crippen LogP contribution in [-0.2, 0) is 0 Å². The third-order valence-corrected chi connectivity index (χ3v) is 3.19. The molecule has 94 valence electrons. The third kappa shape index (κ3) is 4.02. The smallest absolute Gasteiger partial charge is 0.122 e. The van der Waals surface area contributed by atoms with E-state index in [4.69, 9.17) is 11.1 Å². The van der Waals surface area contributed by atoms with Crippen LogP contribution in [0.25, 0.3) is 0 Å². The van der Waals surface area contributed by atoms with Crippen molar-refractivity contribution in [3.05, 3.63) is 28.2 Å². The van der Waals surface area contributed by atoms with E-state index in [9.17, 15) is 5.11 Å². The summed E-state index contributed by atoms with van der Waals surface area (Å²) in [6, 6.07) is 5.57. The quantitative estimate of drug-likeness (QED) is 0.575. The van der Waals surface area contributed by atoms with E-state index in [2.05, 4.69) is 20.8 Å². The van der Waals surface area contributed by atoms with Gasteiger partial charge >= 0.3 is 0 Å². The van der Waals surface area contributed by atoms with Crippen LogP contribution in [0.2, 0.25) is 0 Å². The van der Waals surface area contributed by atoms with E-state index in [1.54, 1.807) is 6.92 Å². The fourth-order valence-corrected chi connectivity index (χ4v) is 2.17. The number of hydrogen-bond donors (Lipinski definition) is 3. The molecule has 0 saturated heterocycles. The van der Waals surface area contributed by atoms with Crippen molar-refractivity contribution < 1.29 is 5.11 Å². The monoisotopic (exact) mass is 299 g/mol. The number of nitrogens with zero attached hydrogens (tertiary/aromatic N) is 1. The SMILES string of the molecule is CC(O)CCN(C)c1ccc(C(=N)N)cc1Br. The number of amidine groups is 1. The summed E-state index contributed by atoms with van der Waals surface area (Å²) in [5, 5.41) is 16.6. The Morgan fingerprint density at radius 1 is 1.59 bits per heavy atom. The average Bonchev–Trinajstić information content (AvgIpc) is 2.25. The van der Waals surface area contributed by atoms with Crippen LogP contribution in [0.4, 0.5) is 5.69 Å². The van der Waals surface area contributed by atoms with Crippen molar-refractivity contribution in [2.45, 2.75) is 19.4 Å². The van der Waals surface area contributed by atoms with Gasteiger partial charge in [0.1, 0.15) is 5.84 Å². The van der Waals surface area contributed by atoms with Crippen LogP contribution in [0.3, 0.4) is 0 Å². The lowest BCUT2D eigenvalue weighted by Crippen LogP contribution is -2.22. The fraction of sp³-hybridized carbons (Fsp3) is 0.417. The molecule has 1 rings (SSSR count). The first kappa shape index (κ1) is 14.0. The van der Waals surface area contributed by atoms with Crippen LogP contribution in [0.1, 0.15) is 18.9 Å². The molecule has 0 aromatic heterocycles. The zero-order valence-electron chi connectivity index (χ0n) is 10.1. The van der Waals surface area contributed by atoms with Crippen molar-refractivity contribution in [1.29, 1.82) is 5.41 Å². The molecule has 0 spiro atoms. The van der Waals surface area contributed by atoms with Crippen LogP contribution in [0.5, 0.6) is 0 Å². The van der Waals surface area contributed by atoms with Gasteiger partial charge in [-0.1, -0.05) is 0 Å². The lowest BCUT2D eigenvalue weighted by Gasteiger charge is -2.21. The van der Waals surface area contributed by atoms with Gasteiger partial charge in [0.25, 0.3) is 0 Å². The number of rotatable bonds is 5. The molecule has 0 aliphatic rings. The fourth-order valence-electron chi connectivity index (χ4n) is 1.48. The summed E-state index contributed by atoms with van der Waals surface area (Å²) in [7, 11) is 1.97. The highest BCUT2D eigenvalue weighted by atomic mass is 79.9. The summed E-state index contributed by atoms with van der Waals surface area (Å²) in [6.07, 6.45) is 0.421. The van der Waals surface area contributed by atoms with Crippen LogP contribution >= 0.6 is 15.9 Å². The summed E-state index contributed by atoms with van der Waals surface area (Å²) < 4.78 is 0.901. The molecule has 0 amide bonds. The van der Waals surface area contributed by atoms with Gasteiger partial charge < -0.3 is 15.7 Å². The predicted octanol–water partition coefficient (Wildman–Crippen LogP) is 1.94. The molecule has 4 nitrogen and oxygen atoms in total. The van der Waals surface area contributed by atoms with Crippen LogP contribution in [-0.4, -0.2) is 30.6 Å². The highest BCUT2D eigenvalue weighted by Gasteiger charge is 2.08. The van der Waals surface area contributed by atoms with Gasteiger partial charge in [0.15, 0.2) is 0 Å². The number of aliphatic hydroxyl groups is 1. The van der Waals surface area contributed by atoms with Crippen molar-refractivity contribution in [2.24, 2.45) is 5.73 Å². The lowest BCUT2D eigenvalue weighted by molar-refractivity contribution is 0.187. The van der Waals surface area contributed by atoms with Gasteiger partial charge in [0.2, 0.25) is 0 Å². The molecule has 0 radical (unpaired) electrons. The number of nitrogen functional groups attached to an aromatic ring is 1. The molecule has 0 heterocycles. The molecular formula is C12H18BrN3O. The normalized spacial score (nSPS) is 12.2. The molecule has 0 fully saturated rings. The Balaban J connectivity index is 2.81. The number of aliphatic hydroxyl groups excluding tert-OH is 1. The van der Waals surface area contributed by atoms with E-state index in [0.717, 1.165) is 23.1 Å². The molecule has 1 aromatic carbocycles. The van der Waals surface area contributed by atoms with Gasteiger partial charge in [-0.05, 0) is 47.5 Å². The van der Waals surface area contributed by atoms with E-state index in [-0.39, 0.29) is 11.9 Å². The topological polar surface area (TPSA) is 73.3 Å². The molecule has 5 heteroatoms. The maximum Gasteiger partial charge on any atom is 0.122 e. The second kappa shape index (κ2) is 6.02. The number of anilines is 1. The van der Waals surface area contributed by atoms with Crippen LogP contribution < -0.4 is 10.6 Å². The van der Waals surface area contributed by atoms with Crippen LogP contribution in [0.15, 0.2) is 22.7 Å². The predicted molar refractivity (Wildman–Crippen MR) is 74.7 cm³/mol. The number of nitrogens with one attached hydrogen (secondary N) is 1. The standard InChI is InChI=1S/C12H18BrN3O/c1-8(17)5-6-16(2)11-4-3-9(12(14)15)7-10(11)13/h3-4,7-8,17H,5-6H2,1-2H3,(H3,14,15). The van der Waals surface area contributed by atoms with E-state index < -0.39 is 0 Å². The summed E-state index contributed by atoms with van der Waals surface area (Å²) in [5.41, 5.74) is 7.15. The van der Waals surface area contributed by atoms with Gasteiger partial charge in [0.05, 0.1) is 11.8 Å². The Morgan fingerprint density at radius 3 is 2.71 bits per heavy atom. The summed E-state index contributed by atoms with van der Waals surface area (Å²) in [5.74, 6) is 0.0592. The molecule has 0 aliphatic carbocycles. The molecular weight excluding hydrogens is 282 g/mol. The van der Waals surface area contributed by atoms with Crippen molar-refractivity contribution in [1.82, 2.24) is 0 Å². The third-order valence-electron chi connectivity index (χ3n) is 2.55. The summed E-state index contributed by atoms with van der Waals surface area (Å²) >= 11 is 3.47. The first-order valence-electron chi connectivity index (χ1n) is 5.45. The Kier molecular flexibility index (Phi) is 4.96. The molecule has 0 saturated carbocycles. The Hall–Kier alpha value is -1.07. The van der Waals surface area contributed by atoms with Crippen molar-refractivity contribution in [2.75, 3.05) is 18.5 Å². The minimum absolute atomic E-state index is 0.0592. The molecule has 1 atom stereocenters. The second-order valence-corrected chi connectivity index (χ2v) is 4.99. The van der Waals surface area contributed by atoms with E-state index in [1.807, 2.05) is 25.2 Å². The lowest BCUT2D eigenvalue weighted by atomic mass is 10.1. The van der Waals surface area contributed by atoms with E-state index in [0.29, 0.717) is 5.56 Å². The van der Waals surface area contributed by atoms with Gasteiger partial charge in [-0.2, -0.15) is 0 Å². The molecule has 4 N–H and O–H groups in total. The Bertz CT molecular complexity index is 407. The number of hydrogen-bond acceptors (Lipinski definition) is 3. The Morgan fingerprint density at radius 2 is 2.24 bits per heavy atom. The summed E-state index contributed by atoms with van der Waals surface area (Å²) in [4.78, 5) is 2.06.